The van der Waals surface area contributed by atoms with Crippen LogP contribution in [0.3, 0.4) is 0 Å². The lowest BCUT2D eigenvalue weighted by molar-refractivity contribution is -0.123. The maximum absolute atomic E-state index is 11.9. The molecule has 0 aromatic rings. The molecule has 0 spiro atoms. The molecular weight excluding hydrogens is 238 g/mol. The normalized spacial score (nSPS) is 15.4. The molecule has 0 aliphatic rings. The van der Waals surface area contributed by atoms with Crippen LogP contribution in [0.4, 0.5) is 0 Å². The van der Waals surface area contributed by atoms with Gasteiger partial charge in [-0.3, -0.25) is 4.79 Å². The summed E-state index contributed by atoms with van der Waals surface area (Å²) in [5, 5.41) is 2.97. The van der Waals surface area contributed by atoms with Gasteiger partial charge in [-0.15, -0.1) is 11.6 Å². The van der Waals surface area contributed by atoms with Crippen molar-refractivity contribution in [3.63, 3.8) is 0 Å². The van der Waals surface area contributed by atoms with E-state index in [4.69, 9.17) is 16.3 Å². The number of hydrogen-bond acceptors (Lipinski definition) is 2. The molecule has 0 fully saturated rings. The summed E-state index contributed by atoms with van der Waals surface area (Å²) in [5.41, 5.74) is 0.153. The third kappa shape index (κ3) is 7.61. The predicted molar refractivity (Wildman–Crippen MR) is 72.4 cm³/mol. The lowest BCUT2D eigenvalue weighted by Gasteiger charge is -2.27. The summed E-state index contributed by atoms with van der Waals surface area (Å²) in [6, 6.07) is 0.0252. The van der Waals surface area contributed by atoms with Crippen molar-refractivity contribution in [1.29, 1.82) is 0 Å². The van der Waals surface area contributed by atoms with E-state index in [0.29, 0.717) is 24.8 Å². The molecule has 0 bridgehead atoms. The van der Waals surface area contributed by atoms with Crippen LogP contribution in [0.25, 0.3) is 0 Å². The van der Waals surface area contributed by atoms with Gasteiger partial charge in [-0.05, 0) is 17.8 Å². The Morgan fingerprint density at radius 2 is 2.00 bits per heavy atom. The monoisotopic (exact) mass is 263 g/mol. The zero-order valence-corrected chi connectivity index (χ0v) is 12.4. The zero-order chi connectivity index (χ0) is 13.5. The summed E-state index contributed by atoms with van der Waals surface area (Å²) >= 11 is 5.69. The molecule has 102 valence electrons. The standard InChI is InChI=1S/C13H26ClNO2/c1-10(13(2,3)4)8-12(16)15-11(6-7-14)9-17-5/h10-11H,6-9H2,1-5H3,(H,15,16). The van der Waals surface area contributed by atoms with Crippen LogP contribution in [-0.4, -0.2) is 31.5 Å². The van der Waals surface area contributed by atoms with E-state index in [-0.39, 0.29) is 17.4 Å². The van der Waals surface area contributed by atoms with Crippen molar-refractivity contribution in [2.24, 2.45) is 11.3 Å². The van der Waals surface area contributed by atoms with Crippen molar-refractivity contribution in [3.05, 3.63) is 0 Å². The SMILES string of the molecule is COCC(CCCl)NC(=O)CC(C)C(C)(C)C. The first-order valence-corrected chi connectivity index (χ1v) is 6.69. The van der Waals surface area contributed by atoms with E-state index in [1.807, 2.05) is 0 Å². The Morgan fingerprint density at radius 1 is 1.41 bits per heavy atom. The Balaban J connectivity index is 4.14. The number of methoxy groups -OCH3 is 1. The molecule has 1 N–H and O–H groups in total. The molecule has 4 heteroatoms. The van der Waals surface area contributed by atoms with E-state index in [1.54, 1.807) is 7.11 Å². The summed E-state index contributed by atoms with van der Waals surface area (Å²) in [6.45, 7) is 9.07. The molecule has 0 saturated heterocycles. The Kier molecular flexibility index (Phi) is 7.80. The predicted octanol–water partition coefficient (Wildman–Crippen LogP) is 2.82. The van der Waals surface area contributed by atoms with Gasteiger partial charge >= 0.3 is 0 Å². The lowest BCUT2D eigenvalue weighted by atomic mass is 9.80. The van der Waals surface area contributed by atoms with Crippen molar-refractivity contribution < 1.29 is 9.53 Å². The van der Waals surface area contributed by atoms with Crippen LogP contribution in [0.15, 0.2) is 0 Å². The van der Waals surface area contributed by atoms with Crippen molar-refractivity contribution in [3.8, 4) is 0 Å². The van der Waals surface area contributed by atoms with E-state index in [9.17, 15) is 4.79 Å². The van der Waals surface area contributed by atoms with Gasteiger partial charge in [0.2, 0.25) is 5.91 Å². The Bertz CT molecular complexity index is 220. The Morgan fingerprint density at radius 3 is 2.41 bits per heavy atom. The molecule has 0 heterocycles. The fourth-order valence-electron chi connectivity index (χ4n) is 1.40. The fraction of sp³-hybridized carbons (Fsp3) is 0.923. The minimum atomic E-state index is 0.0252. The number of amides is 1. The highest BCUT2D eigenvalue weighted by molar-refractivity contribution is 6.17. The third-order valence-corrected chi connectivity index (χ3v) is 3.38. The van der Waals surface area contributed by atoms with E-state index < -0.39 is 0 Å². The van der Waals surface area contributed by atoms with Crippen molar-refractivity contribution in [1.82, 2.24) is 5.32 Å². The van der Waals surface area contributed by atoms with Crippen LogP contribution in [0.1, 0.15) is 40.5 Å². The van der Waals surface area contributed by atoms with Gasteiger partial charge < -0.3 is 10.1 Å². The minimum absolute atomic E-state index is 0.0252. The summed E-state index contributed by atoms with van der Waals surface area (Å²) in [6.07, 6.45) is 1.29. The number of ether oxygens (including phenoxy) is 1. The maximum Gasteiger partial charge on any atom is 0.220 e. The Labute approximate surface area is 110 Å². The second kappa shape index (κ2) is 7.93. The zero-order valence-electron chi connectivity index (χ0n) is 11.7. The van der Waals surface area contributed by atoms with Crippen LogP contribution in [0.2, 0.25) is 0 Å². The molecule has 3 nitrogen and oxygen atoms in total. The van der Waals surface area contributed by atoms with Gasteiger partial charge in [0.25, 0.3) is 0 Å². The van der Waals surface area contributed by atoms with Gasteiger partial charge in [0, 0.05) is 19.4 Å². The van der Waals surface area contributed by atoms with Gasteiger partial charge in [-0.2, -0.15) is 0 Å². The largest absolute Gasteiger partial charge is 0.383 e. The molecule has 0 rings (SSSR count). The number of rotatable bonds is 7. The number of carbonyl (C=O) groups excluding carboxylic acids is 1. The average Bonchev–Trinajstić information content (AvgIpc) is 2.16. The Hall–Kier alpha value is -0.280. The lowest BCUT2D eigenvalue weighted by Crippen LogP contribution is -2.39. The van der Waals surface area contributed by atoms with Crippen LogP contribution in [-0.2, 0) is 9.53 Å². The first kappa shape index (κ1) is 16.7. The second-order valence-corrected chi connectivity index (χ2v) is 6.05. The number of hydrogen-bond donors (Lipinski definition) is 1. The first-order valence-electron chi connectivity index (χ1n) is 6.15. The number of alkyl halides is 1. The van der Waals surface area contributed by atoms with Gasteiger partial charge in [0.05, 0.1) is 12.6 Å². The maximum atomic E-state index is 11.9. The van der Waals surface area contributed by atoms with Crippen molar-refractivity contribution in [2.75, 3.05) is 19.6 Å². The van der Waals surface area contributed by atoms with Crippen LogP contribution in [0, 0.1) is 11.3 Å². The molecule has 0 aromatic carbocycles. The number of halogens is 1. The molecule has 1 amide bonds. The topological polar surface area (TPSA) is 38.3 Å². The number of nitrogens with one attached hydrogen (secondary N) is 1. The molecule has 0 aliphatic carbocycles. The van der Waals surface area contributed by atoms with Gasteiger partial charge in [-0.1, -0.05) is 27.7 Å². The highest BCUT2D eigenvalue weighted by Crippen LogP contribution is 2.27. The molecule has 0 aliphatic heterocycles. The summed E-state index contributed by atoms with van der Waals surface area (Å²) < 4.78 is 5.06. The van der Waals surface area contributed by atoms with Gasteiger partial charge in [-0.25, -0.2) is 0 Å². The summed E-state index contributed by atoms with van der Waals surface area (Å²) in [4.78, 5) is 11.9. The smallest absolute Gasteiger partial charge is 0.220 e. The molecule has 2 unspecified atom stereocenters. The van der Waals surface area contributed by atoms with Crippen LogP contribution >= 0.6 is 11.6 Å². The van der Waals surface area contributed by atoms with E-state index in [0.717, 1.165) is 6.42 Å². The highest BCUT2D eigenvalue weighted by Gasteiger charge is 2.23. The average molecular weight is 264 g/mol. The quantitative estimate of drug-likeness (QED) is 0.718. The molecular formula is C13H26ClNO2. The second-order valence-electron chi connectivity index (χ2n) is 5.67. The van der Waals surface area contributed by atoms with Crippen molar-refractivity contribution >= 4 is 17.5 Å². The van der Waals surface area contributed by atoms with Crippen LogP contribution < -0.4 is 5.32 Å². The first-order chi connectivity index (χ1) is 7.81. The molecule has 17 heavy (non-hydrogen) atoms. The molecule has 0 saturated carbocycles. The van der Waals surface area contributed by atoms with Gasteiger partial charge in [0.1, 0.15) is 0 Å². The van der Waals surface area contributed by atoms with E-state index in [1.165, 1.54) is 0 Å². The fourth-order valence-corrected chi connectivity index (χ4v) is 1.66. The number of carbonyl (C=O) groups is 1. The third-order valence-electron chi connectivity index (χ3n) is 3.16. The molecule has 0 radical (unpaired) electrons. The van der Waals surface area contributed by atoms with Crippen molar-refractivity contribution in [2.45, 2.75) is 46.6 Å². The molecule has 0 aromatic heterocycles. The van der Waals surface area contributed by atoms with E-state index >= 15 is 0 Å². The van der Waals surface area contributed by atoms with Gasteiger partial charge in [0.15, 0.2) is 0 Å². The highest BCUT2D eigenvalue weighted by atomic mass is 35.5. The summed E-state index contributed by atoms with van der Waals surface area (Å²) in [5.74, 6) is 0.963. The van der Waals surface area contributed by atoms with Crippen LogP contribution in [0.5, 0.6) is 0 Å². The molecule has 2 atom stereocenters. The summed E-state index contributed by atoms with van der Waals surface area (Å²) in [7, 11) is 1.63. The van der Waals surface area contributed by atoms with E-state index in [2.05, 4.69) is 33.0 Å². The minimum Gasteiger partial charge on any atom is -0.383 e.